The highest BCUT2D eigenvalue weighted by molar-refractivity contribution is 5.78. The number of amides is 1. The number of ether oxygens (including phenoxy) is 1. The van der Waals surface area contributed by atoms with Crippen molar-refractivity contribution in [2.75, 3.05) is 20.2 Å². The second-order valence-electron chi connectivity index (χ2n) is 3.33. The quantitative estimate of drug-likeness (QED) is 0.351. The van der Waals surface area contributed by atoms with Crippen LogP contribution in [0.2, 0.25) is 0 Å². The van der Waals surface area contributed by atoms with E-state index in [9.17, 15) is 4.79 Å². The molecule has 0 aliphatic heterocycles. The standard InChI is InChI=1S/C11H14N4O2/c1-17-10-4-2-3-9(7-10)8-11(16)13-5-6-14-15-12/h2-4,7H,5-6,8H2,1H3,(H,13,16). The van der Waals surface area contributed by atoms with Gasteiger partial charge in [0.25, 0.3) is 0 Å². The van der Waals surface area contributed by atoms with Gasteiger partial charge in [0.1, 0.15) is 5.75 Å². The van der Waals surface area contributed by atoms with Crippen molar-refractivity contribution in [1.82, 2.24) is 5.32 Å². The van der Waals surface area contributed by atoms with Gasteiger partial charge in [0, 0.05) is 18.0 Å². The number of carbonyl (C=O) groups is 1. The molecule has 1 N–H and O–H groups in total. The van der Waals surface area contributed by atoms with E-state index in [-0.39, 0.29) is 18.9 Å². The Hall–Kier alpha value is -2.20. The number of azide groups is 1. The zero-order valence-corrected chi connectivity index (χ0v) is 9.59. The SMILES string of the molecule is COc1cccc(CC(=O)NCCN=[N+]=[N-])c1. The lowest BCUT2D eigenvalue weighted by molar-refractivity contribution is -0.120. The highest BCUT2D eigenvalue weighted by Gasteiger charge is 2.03. The summed E-state index contributed by atoms with van der Waals surface area (Å²) in [5, 5.41) is 5.98. The number of nitrogens with one attached hydrogen (secondary N) is 1. The molecule has 0 bridgehead atoms. The molecule has 0 unspecified atom stereocenters. The number of methoxy groups -OCH3 is 1. The summed E-state index contributed by atoms with van der Waals surface area (Å²) in [6, 6.07) is 7.33. The van der Waals surface area contributed by atoms with E-state index in [4.69, 9.17) is 10.3 Å². The summed E-state index contributed by atoms with van der Waals surface area (Å²) >= 11 is 0. The molecule has 90 valence electrons. The fourth-order valence-corrected chi connectivity index (χ4v) is 1.32. The van der Waals surface area contributed by atoms with Gasteiger partial charge in [-0.3, -0.25) is 4.79 Å². The molecule has 6 heteroatoms. The Kier molecular flexibility index (Phi) is 5.40. The van der Waals surface area contributed by atoms with Crippen LogP contribution in [0.3, 0.4) is 0 Å². The normalized spacial score (nSPS) is 9.24. The van der Waals surface area contributed by atoms with Crippen molar-refractivity contribution >= 4 is 5.91 Å². The van der Waals surface area contributed by atoms with E-state index in [1.54, 1.807) is 7.11 Å². The van der Waals surface area contributed by atoms with Gasteiger partial charge in [-0.15, -0.1) is 0 Å². The van der Waals surface area contributed by atoms with Crippen LogP contribution in [-0.2, 0) is 11.2 Å². The summed E-state index contributed by atoms with van der Waals surface area (Å²) in [5.41, 5.74) is 8.94. The van der Waals surface area contributed by atoms with Gasteiger partial charge in [-0.1, -0.05) is 17.2 Å². The van der Waals surface area contributed by atoms with Crippen LogP contribution in [0.15, 0.2) is 29.4 Å². The number of carbonyl (C=O) groups excluding carboxylic acids is 1. The summed E-state index contributed by atoms with van der Waals surface area (Å²) in [5.74, 6) is 0.621. The highest BCUT2D eigenvalue weighted by Crippen LogP contribution is 2.12. The molecule has 0 saturated carbocycles. The maximum atomic E-state index is 11.5. The molecular weight excluding hydrogens is 220 g/mol. The molecule has 0 radical (unpaired) electrons. The van der Waals surface area contributed by atoms with Crippen LogP contribution in [0.1, 0.15) is 5.56 Å². The predicted octanol–water partition coefficient (Wildman–Crippen LogP) is 1.66. The number of benzene rings is 1. The predicted molar refractivity (Wildman–Crippen MR) is 63.7 cm³/mol. The third-order valence-corrected chi connectivity index (χ3v) is 2.10. The lowest BCUT2D eigenvalue weighted by atomic mass is 10.1. The molecule has 0 saturated heterocycles. The van der Waals surface area contributed by atoms with Gasteiger partial charge in [0.15, 0.2) is 0 Å². The van der Waals surface area contributed by atoms with Gasteiger partial charge in [-0.2, -0.15) is 0 Å². The minimum atomic E-state index is -0.105. The largest absolute Gasteiger partial charge is 0.497 e. The Labute approximate surface area is 99.2 Å². The molecule has 0 atom stereocenters. The summed E-state index contributed by atoms with van der Waals surface area (Å²) in [7, 11) is 1.58. The summed E-state index contributed by atoms with van der Waals surface area (Å²) in [6.07, 6.45) is 0.285. The van der Waals surface area contributed by atoms with Crippen molar-refractivity contribution in [1.29, 1.82) is 0 Å². The van der Waals surface area contributed by atoms with Crippen molar-refractivity contribution in [3.8, 4) is 5.75 Å². The monoisotopic (exact) mass is 234 g/mol. The Balaban J connectivity index is 2.41. The molecule has 1 aromatic carbocycles. The van der Waals surface area contributed by atoms with Crippen LogP contribution in [-0.4, -0.2) is 26.1 Å². The Bertz CT molecular complexity index is 427. The lowest BCUT2D eigenvalue weighted by Gasteiger charge is -2.05. The van der Waals surface area contributed by atoms with Crippen molar-refractivity contribution in [3.63, 3.8) is 0 Å². The van der Waals surface area contributed by atoms with Crippen LogP contribution in [0.4, 0.5) is 0 Å². The Morgan fingerprint density at radius 3 is 3.12 bits per heavy atom. The molecule has 0 spiro atoms. The van der Waals surface area contributed by atoms with E-state index in [1.165, 1.54) is 0 Å². The van der Waals surface area contributed by atoms with Crippen molar-refractivity contribution in [2.45, 2.75) is 6.42 Å². The second-order valence-corrected chi connectivity index (χ2v) is 3.33. The van der Waals surface area contributed by atoms with Crippen LogP contribution in [0.5, 0.6) is 5.75 Å². The second kappa shape index (κ2) is 7.14. The average molecular weight is 234 g/mol. The molecule has 6 nitrogen and oxygen atoms in total. The van der Waals surface area contributed by atoms with Gasteiger partial charge in [-0.05, 0) is 23.2 Å². The van der Waals surface area contributed by atoms with Crippen LogP contribution in [0, 0.1) is 0 Å². The third kappa shape index (κ3) is 4.90. The molecule has 1 rings (SSSR count). The minimum absolute atomic E-state index is 0.105. The van der Waals surface area contributed by atoms with E-state index in [2.05, 4.69) is 15.3 Å². The Morgan fingerprint density at radius 2 is 2.41 bits per heavy atom. The maximum Gasteiger partial charge on any atom is 0.224 e. The fraction of sp³-hybridized carbons (Fsp3) is 0.364. The topological polar surface area (TPSA) is 87.1 Å². The van der Waals surface area contributed by atoms with Gasteiger partial charge in [0.05, 0.1) is 13.5 Å². The van der Waals surface area contributed by atoms with Crippen molar-refractivity contribution in [2.24, 2.45) is 5.11 Å². The van der Waals surface area contributed by atoms with E-state index < -0.39 is 0 Å². The highest BCUT2D eigenvalue weighted by atomic mass is 16.5. The first-order chi connectivity index (χ1) is 8.26. The number of hydrogen-bond donors (Lipinski definition) is 1. The van der Waals surface area contributed by atoms with Crippen molar-refractivity contribution in [3.05, 3.63) is 40.3 Å². The lowest BCUT2D eigenvalue weighted by Crippen LogP contribution is -2.27. The van der Waals surface area contributed by atoms with Crippen molar-refractivity contribution < 1.29 is 9.53 Å². The molecule has 1 aromatic rings. The van der Waals surface area contributed by atoms with Gasteiger partial charge in [-0.25, -0.2) is 0 Å². The van der Waals surface area contributed by atoms with E-state index in [0.717, 1.165) is 11.3 Å². The Morgan fingerprint density at radius 1 is 1.59 bits per heavy atom. The van der Waals surface area contributed by atoms with E-state index in [1.807, 2.05) is 24.3 Å². The molecule has 0 aliphatic rings. The first-order valence-electron chi connectivity index (χ1n) is 5.16. The number of hydrogen-bond acceptors (Lipinski definition) is 3. The van der Waals surface area contributed by atoms with Crippen LogP contribution >= 0.6 is 0 Å². The fourth-order valence-electron chi connectivity index (χ4n) is 1.32. The van der Waals surface area contributed by atoms with Gasteiger partial charge >= 0.3 is 0 Å². The molecule has 17 heavy (non-hydrogen) atoms. The minimum Gasteiger partial charge on any atom is -0.497 e. The zero-order valence-electron chi connectivity index (χ0n) is 9.59. The van der Waals surface area contributed by atoms with Gasteiger partial charge < -0.3 is 10.1 Å². The maximum absolute atomic E-state index is 11.5. The summed E-state index contributed by atoms with van der Waals surface area (Å²) in [4.78, 5) is 14.1. The van der Waals surface area contributed by atoms with Gasteiger partial charge in [0.2, 0.25) is 5.91 Å². The molecule has 1 amide bonds. The first-order valence-corrected chi connectivity index (χ1v) is 5.16. The third-order valence-electron chi connectivity index (χ3n) is 2.10. The smallest absolute Gasteiger partial charge is 0.224 e. The molecule has 0 aromatic heterocycles. The molecule has 0 fully saturated rings. The van der Waals surface area contributed by atoms with Crippen LogP contribution < -0.4 is 10.1 Å². The number of nitrogens with zero attached hydrogens (tertiary/aromatic N) is 3. The molecule has 0 heterocycles. The first kappa shape index (κ1) is 12.9. The zero-order chi connectivity index (χ0) is 12.5. The van der Waals surface area contributed by atoms with E-state index in [0.29, 0.717) is 6.54 Å². The molecular formula is C11H14N4O2. The van der Waals surface area contributed by atoms with E-state index >= 15 is 0 Å². The number of rotatable bonds is 6. The summed E-state index contributed by atoms with van der Waals surface area (Å²) < 4.78 is 5.06. The summed E-state index contributed by atoms with van der Waals surface area (Å²) in [6.45, 7) is 0.618. The molecule has 0 aliphatic carbocycles. The average Bonchev–Trinajstić information content (AvgIpc) is 2.35. The van der Waals surface area contributed by atoms with Crippen LogP contribution in [0.25, 0.3) is 10.4 Å².